The molecule has 1 unspecified atom stereocenters. The van der Waals surface area contributed by atoms with E-state index in [4.69, 9.17) is 4.74 Å². The highest BCUT2D eigenvalue weighted by Crippen LogP contribution is 2.36. The number of ether oxygens (including phenoxy) is 1. The molecule has 118 valence electrons. The van der Waals surface area contributed by atoms with Gasteiger partial charge in [0.2, 0.25) is 0 Å². The molecule has 1 saturated heterocycles. The van der Waals surface area contributed by atoms with Gasteiger partial charge < -0.3 is 10.1 Å². The maximum absolute atomic E-state index is 5.90. The summed E-state index contributed by atoms with van der Waals surface area (Å²) in [5.41, 5.74) is 1.93. The van der Waals surface area contributed by atoms with Gasteiger partial charge in [-0.15, -0.1) is 0 Å². The molecule has 0 bridgehead atoms. The fraction of sp³-hybridized carbons (Fsp3) is 0.684. The monoisotopic (exact) mass is 289 g/mol. The first-order valence-corrected chi connectivity index (χ1v) is 8.23. The molecule has 2 nitrogen and oxygen atoms in total. The topological polar surface area (TPSA) is 21.3 Å². The highest BCUT2D eigenvalue weighted by molar-refractivity contribution is 5.31. The standard InChI is InChI=1S/C19H31NO/c1-18(2,3)14-19(4,5)15-8-10-17(11-9-15)21-13-16-7-6-12-20-16/h8-11,16,20H,6-7,12-14H2,1-5H3. The largest absolute Gasteiger partial charge is 0.492 e. The molecule has 0 aliphatic carbocycles. The average molecular weight is 289 g/mol. The van der Waals surface area contributed by atoms with Crippen LogP contribution < -0.4 is 10.1 Å². The van der Waals surface area contributed by atoms with Crippen LogP contribution in [0.4, 0.5) is 0 Å². The minimum atomic E-state index is 0.198. The van der Waals surface area contributed by atoms with Gasteiger partial charge in [-0.3, -0.25) is 0 Å². The third-order valence-electron chi connectivity index (χ3n) is 4.22. The van der Waals surface area contributed by atoms with Gasteiger partial charge in [-0.2, -0.15) is 0 Å². The zero-order chi connectivity index (χ0) is 15.5. The predicted octanol–water partition coefficient (Wildman–Crippen LogP) is 4.53. The first-order valence-electron chi connectivity index (χ1n) is 8.23. The minimum Gasteiger partial charge on any atom is -0.492 e. The first kappa shape index (κ1) is 16.4. The summed E-state index contributed by atoms with van der Waals surface area (Å²) in [6, 6.07) is 9.22. The van der Waals surface area contributed by atoms with E-state index in [0.29, 0.717) is 11.5 Å². The lowest BCUT2D eigenvalue weighted by molar-refractivity contribution is 0.275. The molecular weight excluding hydrogens is 258 g/mol. The number of hydrogen-bond donors (Lipinski definition) is 1. The Kier molecular flexibility index (Phi) is 4.98. The zero-order valence-electron chi connectivity index (χ0n) is 14.3. The Morgan fingerprint density at radius 1 is 1.10 bits per heavy atom. The summed E-state index contributed by atoms with van der Waals surface area (Å²) in [5.74, 6) is 0.985. The summed E-state index contributed by atoms with van der Waals surface area (Å²) >= 11 is 0. The van der Waals surface area contributed by atoms with Crippen molar-refractivity contribution in [1.29, 1.82) is 0 Å². The molecule has 1 fully saturated rings. The molecule has 0 spiro atoms. The van der Waals surface area contributed by atoms with Crippen molar-refractivity contribution in [2.45, 2.75) is 65.3 Å². The molecule has 1 aromatic rings. The van der Waals surface area contributed by atoms with E-state index >= 15 is 0 Å². The summed E-state index contributed by atoms with van der Waals surface area (Å²) in [5, 5.41) is 3.46. The lowest BCUT2D eigenvalue weighted by Crippen LogP contribution is -2.28. The SMILES string of the molecule is CC(C)(C)CC(C)(C)c1ccc(OCC2CCCN2)cc1. The quantitative estimate of drug-likeness (QED) is 0.860. The van der Waals surface area contributed by atoms with Crippen LogP contribution in [0.25, 0.3) is 0 Å². The van der Waals surface area contributed by atoms with Crippen molar-refractivity contribution in [3.8, 4) is 5.75 Å². The molecule has 2 rings (SSSR count). The molecular formula is C19H31NO. The van der Waals surface area contributed by atoms with Gasteiger partial charge in [0.15, 0.2) is 0 Å². The van der Waals surface area contributed by atoms with Gasteiger partial charge in [0.25, 0.3) is 0 Å². The first-order chi connectivity index (χ1) is 9.76. The van der Waals surface area contributed by atoms with Crippen LogP contribution in [0.15, 0.2) is 24.3 Å². The van der Waals surface area contributed by atoms with E-state index in [9.17, 15) is 0 Å². The molecule has 0 saturated carbocycles. The maximum atomic E-state index is 5.90. The minimum absolute atomic E-state index is 0.198. The third kappa shape index (κ3) is 5.03. The number of rotatable bonds is 5. The smallest absolute Gasteiger partial charge is 0.119 e. The summed E-state index contributed by atoms with van der Waals surface area (Å²) in [6.45, 7) is 13.5. The second kappa shape index (κ2) is 6.39. The summed E-state index contributed by atoms with van der Waals surface area (Å²) in [6.07, 6.45) is 3.68. The van der Waals surface area contributed by atoms with Crippen molar-refractivity contribution in [2.75, 3.05) is 13.2 Å². The van der Waals surface area contributed by atoms with Gasteiger partial charge in [0.05, 0.1) is 0 Å². The highest BCUT2D eigenvalue weighted by atomic mass is 16.5. The maximum Gasteiger partial charge on any atom is 0.119 e. The molecule has 0 amide bonds. The van der Waals surface area contributed by atoms with E-state index in [1.54, 1.807) is 0 Å². The van der Waals surface area contributed by atoms with Gasteiger partial charge in [-0.25, -0.2) is 0 Å². The number of benzene rings is 1. The van der Waals surface area contributed by atoms with Crippen LogP contribution in [0.1, 0.15) is 59.4 Å². The Balaban J connectivity index is 1.94. The van der Waals surface area contributed by atoms with E-state index in [0.717, 1.165) is 18.9 Å². The molecule has 1 N–H and O–H groups in total. The summed E-state index contributed by atoms with van der Waals surface area (Å²) < 4.78 is 5.90. The molecule has 21 heavy (non-hydrogen) atoms. The normalized spacial score (nSPS) is 19.8. The van der Waals surface area contributed by atoms with Gasteiger partial charge in [-0.1, -0.05) is 46.8 Å². The van der Waals surface area contributed by atoms with Crippen molar-refractivity contribution in [3.05, 3.63) is 29.8 Å². The predicted molar refractivity (Wildman–Crippen MR) is 90.1 cm³/mol. The van der Waals surface area contributed by atoms with Gasteiger partial charge in [0.1, 0.15) is 12.4 Å². The van der Waals surface area contributed by atoms with E-state index in [-0.39, 0.29) is 5.41 Å². The van der Waals surface area contributed by atoms with Crippen molar-refractivity contribution < 1.29 is 4.74 Å². The lowest BCUT2D eigenvalue weighted by Gasteiger charge is -2.33. The van der Waals surface area contributed by atoms with Gasteiger partial charge in [0, 0.05) is 6.04 Å². The molecule has 0 aromatic heterocycles. The molecule has 1 aliphatic rings. The Labute approximate surface area is 130 Å². The van der Waals surface area contributed by atoms with E-state index in [2.05, 4.69) is 64.2 Å². The number of nitrogens with one attached hydrogen (secondary N) is 1. The van der Waals surface area contributed by atoms with Crippen LogP contribution in [0.5, 0.6) is 5.75 Å². The summed E-state index contributed by atoms with van der Waals surface area (Å²) in [4.78, 5) is 0. The van der Waals surface area contributed by atoms with Crippen LogP contribution in [0, 0.1) is 5.41 Å². The Bertz CT molecular complexity index is 436. The van der Waals surface area contributed by atoms with Gasteiger partial charge >= 0.3 is 0 Å². The lowest BCUT2D eigenvalue weighted by atomic mass is 9.72. The van der Waals surface area contributed by atoms with Gasteiger partial charge in [-0.05, 0) is 54.3 Å². The van der Waals surface area contributed by atoms with E-state index < -0.39 is 0 Å². The van der Waals surface area contributed by atoms with Crippen molar-refractivity contribution in [2.24, 2.45) is 5.41 Å². The molecule has 1 atom stereocenters. The van der Waals surface area contributed by atoms with Crippen molar-refractivity contribution in [1.82, 2.24) is 5.32 Å². The summed E-state index contributed by atoms with van der Waals surface area (Å²) in [7, 11) is 0. The molecule has 2 heteroatoms. The van der Waals surface area contributed by atoms with E-state index in [1.165, 1.54) is 24.8 Å². The molecule has 1 aliphatic heterocycles. The fourth-order valence-electron chi connectivity index (χ4n) is 3.53. The Morgan fingerprint density at radius 2 is 1.76 bits per heavy atom. The van der Waals surface area contributed by atoms with E-state index in [1.807, 2.05) is 0 Å². The van der Waals surface area contributed by atoms with Crippen LogP contribution in [-0.4, -0.2) is 19.2 Å². The second-order valence-electron chi connectivity index (χ2n) is 8.25. The fourth-order valence-corrected chi connectivity index (χ4v) is 3.53. The van der Waals surface area contributed by atoms with Crippen molar-refractivity contribution in [3.63, 3.8) is 0 Å². The average Bonchev–Trinajstić information content (AvgIpc) is 2.87. The Hall–Kier alpha value is -1.02. The van der Waals surface area contributed by atoms with Crippen LogP contribution in [-0.2, 0) is 5.41 Å². The van der Waals surface area contributed by atoms with Crippen LogP contribution >= 0.6 is 0 Å². The molecule has 1 heterocycles. The van der Waals surface area contributed by atoms with Crippen LogP contribution in [0.3, 0.4) is 0 Å². The number of hydrogen-bond acceptors (Lipinski definition) is 2. The third-order valence-corrected chi connectivity index (χ3v) is 4.22. The highest BCUT2D eigenvalue weighted by Gasteiger charge is 2.27. The molecule has 1 aromatic carbocycles. The van der Waals surface area contributed by atoms with Crippen LogP contribution in [0.2, 0.25) is 0 Å². The second-order valence-corrected chi connectivity index (χ2v) is 8.25. The molecule has 0 radical (unpaired) electrons. The zero-order valence-corrected chi connectivity index (χ0v) is 14.3. The van der Waals surface area contributed by atoms with Crippen molar-refractivity contribution >= 4 is 0 Å². The Morgan fingerprint density at radius 3 is 2.29 bits per heavy atom.